The molecular formula is C10H13EsN3O. The van der Waals surface area contributed by atoms with Crippen LogP contribution in [-0.4, -0.2) is 5.11 Å². The summed E-state index contributed by atoms with van der Waals surface area (Å²) < 4.78 is 0. The maximum atomic E-state index is 9.12. The van der Waals surface area contributed by atoms with Crippen molar-refractivity contribution in [1.29, 1.82) is 0 Å². The van der Waals surface area contributed by atoms with Crippen molar-refractivity contribution in [3.8, 4) is 5.75 Å². The van der Waals surface area contributed by atoms with E-state index in [0.29, 0.717) is 5.75 Å². The Labute approximate surface area is 82.6 Å². The number of phenolic OH excluding ortho intramolecular Hbond substituents is 1. The number of hydrazine groups is 2. The van der Waals surface area contributed by atoms with Gasteiger partial charge < -0.3 is 16.0 Å². The second kappa shape index (κ2) is 4.02. The van der Waals surface area contributed by atoms with Gasteiger partial charge in [-0.2, -0.15) is 5.53 Å². The van der Waals surface area contributed by atoms with Crippen molar-refractivity contribution >= 4 is 0 Å². The van der Waals surface area contributed by atoms with Gasteiger partial charge in [0.15, 0.2) is 0 Å². The van der Waals surface area contributed by atoms with Gasteiger partial charge in [-0.05, 0) is 24.6 Å². The molecule has 0 bridgehead atoms. The molecule has 0 aromatic heterocycles. The Hall–Kier alpha value is -2.68. The summed E-state index contributed by atoms with van der Waals surface area (Å²) in [6.45, 7) is 2.00. The van der Waals surface area contributed by atoms with Crippen molar-refractivity contribution in [2.45, 2.75) is 13.3 Å². The van der Waals surface area contributed by atoms with E-state index in [-0.39, 0.29) is 0 Å². The summed E-state index contributed by atoms with van der Waals surface area (Å²) >= 11 is 0. The first-order valence-corrected chi connectivity index (χ1v) is 4.50. The number of allylic oxidation sites excluding steroid dienone is 2. The molecule has 0 atom stereocenters. The van der Waals surface area contributed by atoms with Crippen LogP contribution >= 0.6 is 0 Å². The zero-order valence-corrected chi connectivity index (χ0v) is 10.8. The van der Waals surface area contributed by atoms with E-state index in [2.05, 4.69) is 16.4 Å². The monoisotopic (exact) mass is 443 g/mol. The van der Waals surface area contributed by atoms with Crippen LogP contribution in [0, 0.1) is 0 Å². The molecule has 15 heavy (non-hydrogen) atoms. The van der Waals surface area contributed by atoms with Gasteiger partial charge in [-0.3, -0.25) is 0 Å². The van der Waals surface area contributed by atoms with E-state index in [1.807, 2.05) is 19.1 Å². The minimum atomic E-state index is 0. The second-order valence-electron chi connectivity index (χ2n) is 3.32. The Balaban J connectivity index is 0.00000112. The molecule has 0 saturated heterocycles. The number of aromatic hydroxyl groups is 1. The van der Waals surface area contributed by atoms with E-state index in [4.69, 9.17) is 5.11 Å². The molecule has 1 aromatic rings. The molecule has 0 saturated carbocycles. The van der Waals surface area contributed by atoms with Crippen molar-refractivity contribution < 1.29 is 5.11 Å². The third-order valence-electron chi connectivity index (χ3n) is 2.23. The van der Waals surface area contributed by atoms with Crippen LogP contribution in [0.3, 0.4) is 0 Å². The maximum Gasteiger partial charge on any atom is 0.115 e. The third-order valence-corrected chi connectivity index (χ3v) is 2.23. The van der Waals surface area contributed by atoms with Gasteiger partial charge in [-0.15, -0.1) is 0 Å². The molecule has 1 heterocycles. The SMILES string of the molecule is CC1=C(Cc2ccc(O)cc2)NNN1.[Es]. The van der Waals surface area contributed by atoms with E-state index < -0.39 is 0 Å². The molecule has 0 fully saturated rings. The summed E-state index contributed by atoms with van der Waals surface area (Å²) in [4.78, 5) is 0. The largest absolute Gasteiger partial charge is 0.508 e. The van der Waals surface area contributed by atoms with E-state index in [0.717, 1.165) is 23.4 Å². The summed E-state index contributed by atoms with van der Waals surface area (Å²) in [6, 6.07) is 7.22. The number of hydrogen-bond donors (Lipinski definition) is 4. The van der Waals surface area contributed by atoms with Crippen LogP contribution in [0.15, 0.2) is 35.7 Å². The van der Waals surface area contributed by atoms with Crippen LogP contribution in [0.25, 0.3) is 0 Å². The van der Waals surface area contributed by atoms with E-state index in [9.17, 15) is 0 Å². The molecule has 1 radical (unpaired) electrons. The predicted molar refractivity (Wildman–Crippen MR) is 53.9 cm³/mol. The number of rotatable bonds is 2. The number of hydrogen-bond acceptors (Lipinski definition) is 4. The molecule has 5 heteroatoms. The molecule has 1 aliphatic heterocycles. The molecule has 85 valence electrons. The molecule has 0 amide bonds. The fraction of sp³-hybridized carbons (Fsp3) is 0.200. The van der Waals surface area contributed by atoms with Crippen LogP contribution in [0.4, 0.5) is 0 Å². The van der Waals surface area contributed by atoms with Gasteiger partial charge in [-0.1, -0.05) is 12.1 Å². The predicted octanol–water partition coefficient (Wildman–Crippen LogP) is 0.779. The van der Waals surface area contributed by atoms with Crippen molar-refractivity contribution in [2.24, 2.45) is 0 Å². The molecule has 0 spiro atoms. The first kappa shape index (κ1) is 10.4. The summed E-state index contributed by atoms with van der Waals surface area (Å²) in [5, 5.41) is 9.12. The Morgan fingerprint density at radius 2 is 1.80 bits per heavy atom. The average Bonchev–Trinajstić information content (AvgIpc) is 2.56. The summed E-state index contributed by atoms with van der Waals surface area (Å²) in [5.41, 5.74) is 12.2. The van der Waals surface area contributed by atoms with Crippen molar-refractivity contribution in [3.05, 3.63) is 41.2 Å². The molecule has 4 N–H and O–H groups in total. The van der Waals surface area contributed by atoms with Gasteiger partial charge in [-0.25, -0.2) is 0 Å². The van der Waals surface area contributed by atoms with Gasteiger partial charge >= 0.3 is 0 Å². The van der Waals surface area contributed by atoms with Gasteiger partial charge in [0.2, 0.25) is 0 Å². The quantitative estimate of drug-likeness (QED) is 0.546. The fourth-order valence-corrected chi connectivity index (χ4v) is 1.36. The maximum absolute atomic E-state index is 9.12. The molecule has 0 aliphatic carbocycles. The number of phenols is 1. The molecule has 0 unspecified atom stereocenters. The Kier molecular flexibility index (Phi) is 2.79. The zero-order chi connectivity index (χ0) is 9.97. The molecule has 1 aliphatic rings. The van der Waals surface area contributed by atoms with E-state index in [1.54, 1.807) is 12.1 Å². The third kappa shape index (κ3) is 2.16. The van der Waals surface area contributed by atoms with Crippen LogP contribution in [-0.2, 0) is 6.42 Å². The second-order valence-corrected chi connectivity index (χ2v) is 3.32. The van der Waals surface area contributed by atoms with Crippen molar-refractivity contribution in [3.63, 3.8) is 0 Å². The molecule has 2 rings (SSSR count). The van der Waals surface area contributed by atoms with E-state index in [1.165, 1.54) is 0 Å². The fourth-order valence-electron chi connectivity index (χ4n) is 1.36. The first-order chi connectivity index (χ1) is 6.75. The minimum Gasteiger partial charge on any atom is -0.508 e. The Morgan fingerprint density at radius 3 is 2.33 bits per heavy atom. The minimum absolute atomic E-state index is 0. The number of benzene rings is 1. The topological polar surface area (TPSA) is 56.3 Å². The summed E-state index contributed by atoms with van der Waals surface area (Å²) in [5.74, 6) is 0.301. The smallest absolute Gasteiger partial charge is 0.115 e. The van der Waals surface area contributed by atoms with Crippen molar-refractivity contribution in [2.75, 3.05) is 0 Å². The van der Waals surface area contributed by atoms with Crippen LogP contribution in [0.1, 0.15) is 12.5 Å². The van der Waals surface area contributed by atoms with Gasteiger partial charge in [0, 0.05) is 12.1 Å². The van der Waals surface area contributed by atoms with Gasteiger partial charge in [0.1, 0.15) is 5.75 Å². The number of nitrogens with one attached hydrogen (secondary N) is 3. The molecule has 1 aromatic carbocycles. The Bertz CT molecular complexity index is 361. The summed E-state index contributed by atoms with van der Waals surface area (Å²) in [7, 11) is 0. The first-order valence-electron chi connectivity index (χ1n) is 4.50. The van der Waals surface area contributed by atoms with Gasteiger partial charge in [0.05, 0.1) is 5.70 Å². The van der Waals surface area contributed by atoms with E-state index >= 15 is 0 Å². The Morgan fingerprint density at radius 1 is 1.13 bits per heavy atom. The molecule has 4 nitrogen and oxygen atoms in total. The summed E-state index contributed by atoms with van der Waals surface area (Å²) in [6.07, 6.45) is 0.826. The normalized spacial score (nSPS) is 14.2. The van der Waals surface area contributed by atoms with Gasteiger partial charge in [0.25, 0.3) is 0 Å². The van der Waals surface area contributed by atoms with Crippen LogP contribution in [0.2, 0.25) is 0 Å². The zero-order valence-electron chi connectivity index (χ0n) is 8.27. The van der Waals surface area contributed by atoms with Crippen molar-refractivity contribution in [1.82, 2.24) is 16.4 Å². The molecular weight excluding hydrogens is 430 g/mol. The van der Waals surface area contributed by atoms with Crippen LogP contribution < -0.4 is 16.4 Å². The average molecular weight is 443 g/mol. The standard InChI is InChI=1S/C10H13N3O.Es/c1-7-10(12-13-11-7)6-8-2-4-9(14)5-3-8;/h2-5,11-14H,6H2,1H3;. The van der Waals surface area contributed by atoms with Crippen LogP contribution in [0.5, 0.6) is 5.75 Å².